The van der Waals surface area contributed by atoms with Gasteiger partial charge in [0.25, 0.3) is 0 Å². The molecule has 0 aromatic heterocycles. The van der Waals surface area contributed by atoms with Gasteiger partial charge in [0.15, 0.2) is 0 Å². The van der Waals surface area contributed by atoms with E-state index in [1.165, 1.54) is 19.3 Å². The minimum atomic E-state index is -0.183. The van der Waals surface area contributed by atoms with Crippen molar-refractivity contribution >= 4 is 0 Å². The van der Waals surface area contributed by atoms with Crippen LogP contribution in [0.1, 0.15) is 44.9 Å². The second-order valence-corrected chi connectivity index (χ2v) is 9.77. The van der Waals surface area contributed by atoms with E-state index < -0.39 is 0 Å². The molecule has 0 amide bonds. The summed E-state index contributed by atoms with van der Waals surface area (Å²) in [5.74, 6) is 8.59. The molecule has 10 rings (SSSR count). The fourth-order valence-corrected chi connectivity index (χ4v) is 10.3. The largest absolute Gasteiger partial charge is 0.389 e. The smallest absolute Gasteiger partial charge is 0.0712 e. The van der Waals surface area contributed by atoms with Crippen molar-refractivity contribution in [1.29, 1.82) is 0 Å². The molecule has 10 saturated carbocycles. The van der Waals surface area contributed by atoms with Crippen molar-refractivity contribution in [3.05, 3.63) is 0 Å². The fourth-order valence-electron chi connectivity index (χ4n) is 10.3. The highest BCUT2D eigenvalue weighted by Crippen LogP contribution is 2.85. The Hall–Kier alpha value is -0.0400. The van der Waals surface area contributed by atoms with Gasteiger partial charge in [0.2, 0.25) is 0 Å². The molecule has 1 N–H and O–H groups in total. The van der Waals surface area contributed by atoms with E-state index in [4.69, 9.17) is 0 Å². The van der Waals surface area contributed by atoms with Crippen molar-refractivity contribution in [2.45, 2.75) is 50.5 Å². The highest BCUT2D eigenvalue weighted by Gasteiger charge is 2.81. The van der Waals surface area contributed by atoms with Crippen LogP contribution in [0.4, 0.5) is 0 Å². The van der Waals surface area contributed by atoms with Crippen LogP contribution in [0.2, 0.25) is 0 Å². The molecule has 0 heterocycles. The lowest BCUT2D eigenvalue weighted by molar-refractivity contribution is -0.391. The third kappa shape index (κ3) is 0.734. The molecule has 1 spiro atoms. The predicted octanol–water partition coefficient (Wildman–Crippen LogP) is 3.08. The standard InChI is InChI=1S/C18H24O/c19-18-7-12-10-1-8-2-11(12)16-14(18)4-9-3-13(18)15(10)17(16,5-8)6-9/h8-16,19H,1-7H2/t8?,9?,10-,11+,12?,13-,14+,15+,16-,17?,18?. The summed E-state index contributed by atoms with van der Waals surface area (Å²) in [6.07, 6.45) is 10.3. The molecule has 1 nitrogen and oxygen atoms in total. The summed E-state index contributed by atoms with van der Waals surface area (Å²) in [5, 5.41) is 11.5. The Morgan fingerprint density at radius 2 is 1.26 bits per heavy atom. The molecule has 0 aromatic carbocycles. The van der Waals surface area contributed by atoms with Crippen molar-refractivity contribution < 1.29 is 5.11 Å². The molecule has 0 saturated heterocycles. The Labute approximate surface area is 115 Å². The van der Waals surface area contributed by atoms with Gasteiger partial charge in [-0.15, -0.1) is 0 Å². The van der Waals surface area contributed by atoms with E-state index in [9.17, 15) is 5.11 Å². The Kier molecular flexibility index (Phi) is 1.26. The average molecular weight is 256 g/mol. The predicted molar refractivity (Wildman–Crippen MR) is 71.1 cm³/mol. The molecule has 0 aromatic rings. The van der Waals surface area contributed by atoms with Crippen LogP contribution in [0, 0.1) is 58.7 Å². The van der Waals surface area contributed by atoms with Crippen LogP contribution < -0.4 is 0 Å². The Bertz CT molecular complexity index is 474. The van der Waals surface area contributed by atoms with Crippen LogP contribution in [0.25, 0.3) is 0 Å². The first-order chi connectivity index (χ1) is 9.21. The normalized spacial score (nSPS) is 80.4. The van der Waals surface area contributed by atoms with Gasteiger partial charge in [-0.3, -0.25) is 0 Å². The van der Waals surface area contributed by atoms with Gasteiger partial charge in [-0.25, -0.2) is 0 Å². The van der Waals surface area contributed by atoms with E-state index in [-0.39, 0.29) is 5.60 Å². The first-order valence-electron chi connectivity index (χ1n) is 8.93. The van der Waals surface area contributed by atoms with Gasteiger partial charge in [0, 0.05) is 0 Å². The first kappa shape index (κ1) is 9.82. The summed E-state index contributed by atoms with van der Waals surface area (Å²) >= 11 is 0. The Morgan fingerprint density at radius 1 is 0.684 bits per heavy atom. The molecule has 102 valence electrons. The lowest BCUT2D eigenvalue weighted by atomic mass is 9.21. The lowest BCUT2D eigenvalue weighted by Gasteiger charge is -2.84. The molecule has 10 aliphatic rings. The van der Waals surface area contributed by atoms with E-state index in [1.807, 2.05) is 0 Å². The summed E-state index contributed by atoms with van der Waals surface area (Å²) in [5.41, 5.74) is 0.577. The van der Waals surface area contributed by atoms with Crippen molar-refractivity contribution in [3.8, 4) is 0 Å². The number of rotatable bonds is 0. The van der Waals surface area contributed by atoms with E-state index >= 15 is 0 Å². The van der Waals surface area contributed by atoms with Crippen molar-refractivity contribution in [1.82, 2.24) is 0 Å². The van der Waals surface area contributed by atoms with Gasteiger partial charge in [-0.1, -0.05) is 0 Å². The Balaban J connectivity index is 1.57. The molecule has 11 atom stereocenters. The number of hydrogen-bond donors (Lipinski definition) is 1. The van der Waals surface area contributed by atoms with Gasteiger partial charge in [0.1, 0.15) is 0 Å². The van der Waals surface area contributed by atoms with E-state index in [2.05, 4.69) is 0 Å². The van der Waals surface area contributed by atoms with Crippen molar-refractivity contribution in [2.75, 3.05) is 0 Å². The molecule has 1 heteroatoms. The summed E-state index contributed by atoms with van der Waals surface area (Å²) in [6.45, 7) is 0. The van der Waals surface area contributed by atoms with Gasteiger partial charge < -0.3 is 5.11 Å². The molecule has 0 aliphatic heterocycles. The van der Waals surface area contributed by atoms with E-state index in [0.29, 0.717) is 0 Å². The zero-order chi connectivity index (χ0) is 12.1. The van der Waals surface area contributed by atoms with Crippen LogP contribution in [0.15, 0.2) is 0 Å². The molecule has 19 heavy (non-hydrogen) atoms. The van der Waals surface area contributed by atoms with Crippen LogP contribution in [0.3, 0.4) is 0 Å². The molecule has 5 unspecified atom stereocenters. The highest BCUT2D eigenvalue weighted by molar-refractivity contribution is 5.30. The topological polar surface area (TPSA) is 20.2 Å². The first-order valence-corrected chi connectivity index (χ1v) is 8.93. The van der Waals surface area contributed by atoms with Crippen molar-refractivity contribution in [3.63, 3.8) is 0 Å². The maximum absolute atomic E-state index is 11.5. The Morgan fingerprint density at radius 3 is 1.89 bits per heavy atom. The van der Waals surface area contributed by atoms with Gasteiger partial charge in [0.05, 0.1) is 5.60 Å². The fraction of sp³-hybridized carbons (Fsp3) is 1.00. The average Bonchev–Trinajstić information content (AvgIpc) is 2.37. The van der Waals surface area contributed by atoms with E-state index in [1.54, 1.807) is 25.7 Å². The maximum atomic E-state index is 11.5. The maximum Gasteiger partial charge on any atom is 0.0712 e. The molecule has 11 bridgehead atoms. The zero-order valence-corrected chi connectivity index (χ0v) is 11.6. The third-order valence-electron chi connectivity index (χ3n) is 9.79. The quantitative estimate of drug-likeness (QED) is 0.706. The van der Waals surface area contributed by atoms with E-state index in [0.717, 1.165) is 58.7 Å². The number of aliphatic hydroxyl groups is 1. The summed E-state index contributed by atoms with van der Waals surface area (Å²) in [4.78, 5) is 0. The van der Waals surface area contributed by atoms with Crippen LogP contribution in [0.5, 0.6) is 0 Å². The van der Waals surface area contributed by atoms with Crippen molar-refractivity contribution in [2.24, 2.45) is 58.7 Å². The molecule has 10 fully saturated rings. The highest BCUT2D eigenvalue weighted by atomic mass is 16.3. The van der Waals surface area contributed by atoms with Crippen LogP contribution in [-0.2, 0) is 0 Å². The molecular formula is C18H24O. The third-order valence-corrected chi connectivity index (χ3v) is 9.79. The van der Waals surface area contributed by atoms with Gasteiger partial charge in [-0.2, -0.15) is 0 Å². The van der Waals surface area contributed by atoms with Crippen LogP contribution >= 0.6 is 0 Å². The summed E-state index contributed by atoms with van der Waals surface area (Å²) < 4.78 is 0. The molecule has 10 aliphatic carbocycles. The minimum absolute atomic E-state index is 0.183. The van der Waals surface area contributed by atoms with Gasteiger partial charge in [-0.05, 0) is 104 Å². The van der Waals surface area contributed by atoms with Gasteiger partial charge >= 0.3 is 0 Å². The summed E-state index contributed by atoms with van der Waals surface area (Å²) in [6, 6.07) is 0. The monoisotopic (exact) mass is 256 g/mol. The molecule has 0 radical (unpaired) electrons. The second-order valence-electron chi connectivity index (χ2n) is 9.77. The minimum Gasteiger partial charge on any atom is -0.389 e. The summed E-state index contributed by atoms with van der Waals surface area (Å²) in [7, 11) is 0. The zero-order valence-electron chi connectivity index (χ0n) is 11.6. The SMILES string of the molecule is OC12CC3[C@H]4CC5C[C@@H]3[C@@H]3[C@@H]1CC1C[C@@H]2[C@H]4C3(C5)C1. The lowest BCUT2D eigenvalue weighted by Crippen LogP contribution is -2.82. The van der Waals surface area contributed by atoms with Crippen LogP contribution in [-0.4, -0.2) is 10.7 Å². The number of hydrogen-bond acceptors (Lipinski definition) is 1. The second kappa shape index (κ2) is 2.45. The molecular weight excluding hydrogens is 232 g/mol.